The van der Waals surface area contributed by atoms with Crippen molar-refractivity contribution < 1.29 is 14.6 Å². The van der Waals surface area contributed by atoms with Crippen LogP contribution in [-0.4, -0.2) is 36.1 Å². The minimum absolute atomic E-state index is 0.0278. The Morgan fingerprint density at radius 2 is 2.50 bits per heavy atom. The van der Waals surface area contributed by atoms with E-state index >= 15 is 0 Å². The summed E-state index contributed by atoms with van der Waals surface area (Å²) in [5.41, 5.74) is -0.0278. The molecule has 0 radical (unpaired) electrons. The van der Waals surface area contributed by atoms with E-state index in [9.17, 15) is 4.79 Å². The lowest BCUT2D eigenvalue weighted by Gasteiger charge is -2.04. The number of carbonyl (C=O) groups excluding carboxylic acids is 1. The summed E-state index contributed by atoms with van der Waals surface area (Å²) in [4.78, 5) is 10.8. The molecular weight excluding hydrogens is 151 g/mol. The highest BCUT2D eigenvalue weighted by Gasteiger charge is 2.28. The second kappa shape index (κ2) is 3.31. The van der Waals surface area contributed by atoms with Crippen LogP contribution in [0.5, 0.6) is 0 Å². The molecule has 0 aromatic heterocycles. The molecule has 1 N–H and O–H groups in total. The molecule has 0 aromatic rings. The fourth-order valence-electron chi connectivity index (χ4n) is 1.04. The smallest absolute Gasteiger partial charge is 0.312 e. The zero-order valence-electron chi connectivity index (χ0n) is 5.83. The van der Waals surface area contributed by atoms with Crippen molar-refractivity contribution in [1.82, 2.24) is 0 Å². The summed E-state index contributed by atoms with van der Waals surface area (Å²) < 4.78 is 4.54. The minimum Gasteiger partial charge on any atom is -0.469 e. The van der Waals surface area contributed by atoms with Gasteiger partial charge >= 0.3 is 5.97 Å². The number of hydrogen-bond acceptors (Lipinski definition) is 3. The van der Waals surface area contributed by atoms with Crippen LogP contribution in [0.3, 0.4) is 0 Å². The molecular formula is C6H11O3P. The molecule has 1 aliphatic heterocycles. The van der Waals surface area contributed by atoms with E-state index in [1.807, 2.05) is 0 Å². The van der Waals surface area contributed by atoms with Crippen molar-refractivity contribution in [3.63, 3.8) is 0 Å². The number of methoxy groups -OCH3 is 1. The maximum absolute atomic E-state index is 10.8. The van der Waals surface area contributed by atoms with Gasteiger partial charge in [-0.3, -0.25) is 4.79 Å². The first kappa shape index (κ1) is 7.96. The Morgan fingerprint density at radius 3 is 2.90 bits per heavy atom. The molecule has 0 bridgehead atoms. The van der Waals surface area contributed by atoms with Gasteiger partial charge < -0.3 is 9.84 Å². The van der Waals surface area contributed by atoms with Crippen LogP contribution in [0.4, 0.5) is 0 Å². The van der Waals surface area contributed by atoms with Crippen LogP contribution in [0.2, 0.25) is 0 Å². The number of carbonyl (C=O) groups is 1. The van der Waals surface area contributed by atoms with E-state index in [4.69, 9.17) is 5.11 Å². The summed E-state index contributed by atoms with van der Waals surface area (Å²) in [5.74, 6) is -0.171. The predicted molar refractivity (Wildman–Crippen MR) is 39.6 cm³/mol. The van der Waals surface area contributed by atoms with E-state index in [0.717, 1.165) is 6.16 Å². The lowest BCUT2D eigenvalue weighted by molar-refractivity contribution is -0.140. The summed E-state index contributed by atoms with van der Waals surface area (Å²) in [7, 11) is 1.93. The third-order valence-corrected chi connectivity index (χ3v) is 3.26. The minimum atomic E-state index is -0.276. The van der Waals surface area contributed by atoms with Crippen LogP contribution in [0.25, 0.3) is 0 Å². The van der Waals surface area contributed by atoms with E-state index in [2.05, 4.69) is 4.74 Å². The summed E-state index contributed by atoms with van der Waals surface area (Å²) in [6, 6.07) is 0. The molecule has 3 nitrogen and oxygen atoms in total. The van der Waals surface area contributed by atoms with E-state index in [1.165, 1.54) is 7.11 Å². The van der Waals surface area contributed by atoms with Crippen molar-refractivity contribution in [3.05, 3.63) is 0 Å². The average Bonchev–Trinajstić information content (AvgIpc) is 2.34. The number of aliphatic hydroxyl groups is 1. The van der Waals surface area contributed by atoms with Crippen LogP contribution < -0.4 is 0 Å². The monoisotopic (exact) mass is 162 g/mol. The number of rotatable bonds is 1. The Kier molecular flexibility index (Phi) is 2.64. The Bertz CT molecular complexity index is 137. The third-order valence-electron chi connectivity index (χ3n) is 1.59. The summed E-state index contributed by atoms with van der Waals surface area (Å²) in [6.07, 6.45) is 1.08. The van der Waals surface area contributed by atoms with E-state index in [1.54, 1.807) is 0 Å². The summed E-state index contributed by atoms with van der Waals surface area (Å²) in [5, 5.41) is 9.04. The van der Waals surface area contributed by atoms with Gasteiger partial charge in [0.05, 0.1) is 18.9 Å². The molecule has 1 fully saturated rings. The van der Waals surface area contributed by atoms with Crippen LogP contribution >= 0.6 is 8.58 Å². The molecule has 1 unspecified atom stereocenters. The molecule has 58 valence electrons. The normalized spacial score (nSPS) is 34.6. The first-order chi connectivity index (χ1) is 4.74. The first-order valence-electron chi connectivity index (χ1n) is 3.23. The molecule has 0 saturated carbocycles. The third kappa shape index (κ3) is 1.68. The number of hydrogen-bond donors (Lipinski definition) is 1. The number of ether oxygens (including phenoxy) is 1. The van der Waals surface area contributed by atoms with Gasteiger partial charge in [-0.2, -0.15) is 0 Å². The van der Waals surface area contributed by atoms with Crippen molar-refractivity contribution in [3.8, 4) is 0 Å². The van der Waals surface area contributed by atoms with Gasteiger partial charge in [0.2, 0.25) is 0 Å². The average molecular weight is 162 g/mol. The van der Waals surface area contributed by atoms with Crippen LogP contribution in [0, 0.1) is 0 Å². The van der Waals surface area contributed by atoms with Crippen LogP contribution in [0.15, 0.2) is 0 Å². The molecule has 1 rings (SSSR count). The molecule has 3 atom stereocenters. The maximum Gasteiger partial charge on any atom is 0.312 e. The standard InChI is InChI=1S/C6H11O3P/c1-9-6(8)5-2-4(7)3-10-5/h4-5,7,10H,2-3H2,1H3/t4-,5+/m1/s1. The van der Waals surface area contributed by atoms with Gasteiger partial charge in [-0.15, -0.1) is 8.58 Å². The van der Waals surface area contributed by atoms with Crippen molar-refractivity contribution >= 4 is 14.6 Å². The lowest BCUT2D eigenvalue weighted by atomic mass is 10.2. The molecule has 1 saturated heterocycles. The largest absolute Gasteiger partial charge is 0.469 e. The SMILES string of the molecule is COC(=O)[C@@H]1C[C@@H](O)CP1. The topological polar surface area (TPSA) is 46.5 Å². The Balaban J connectivity index is 2.37. The van der Waals surface area contributed by atoms with Gasteiger partial charge in [-0.25, -0.2) is 0 Å². The number of aliphatic hydroxyl groups excluding tert-OH is 1. The van der Waals surface area contributed by atoms with Gasteiger partial charge in [0, 0.05) is 0 Å². The molecule has 4 heteroatoms. The number of esters is 1. The zero-order valence-corrected chi connectivity index (χ0v) is 6.83. The van der Waals surface area contributed by atoms with Crippen molar-refractivity contribution in [2.24, 2.45) is 0 Å². The highest BCUT2D eigenvalue weighted by molar-refractivity contribution is 7.40. The van der Waals surface area contributed by atoms with Gasteiger partial charge in [0.1, 0.15) is 0 Å². The molecule has 0 amide bonds. The first-order valence-corrected chi connectivity index (χ1v) is 4.51. The van der Waals surface area contributed by atoms with Crippen LogP contribution in [0.1, 0.15) is 6.42 Å². The second-order valence-electron chi connectivity index (χ2n) is 2.37. The molecule has 0 aromatic carbocycles. The maximum atomic E-state index is 10.8. The van der Waals surface area contributed by atoms with Crippen molar-refractivity contribution in [2.75, 3.05) is 13.3 Å². The second-order valence-corrected chi connectivity index (χ2v) is 3.89. The van der Waals surface area contributed by atoms with E-state index in [0.29, 0.717) is 15.0 Å². The fourth-order valence-corrected chi connectivity index (χ4v) is 2.49. The van der Waals surface area contributed by atoms with E-state index < -0.39 is 0 Å². The molecule has 1 aliphatic rings. The highest BCUT2D eigenvalue weighted by Crippen LogP contribution is 2.33. The van der Waals surface area contributed by atoms with Crippen molar-refractivity contribution in [1.29, 1.82) is 0 Å². The van der Waals surface area contributed by atoms with Crippen LogP contribution in [-0.2, 0) is 9.53 Å². The van der Waals surface area contributed by atoms with Gasteiger partial charge in [-0.1, -0.05) is 0 Å². The van der Waals surface area contributed by atoms with Gasteiger partial charge in [0.25, 0.3) is 0 Å². The summed E-state index contributed by atoms with van der Waals surface area (Å²) in [6.45, 7) is 0. The van der Waals surface area contributed by atoms with E-state index in [-0.39, 0.29) is 17.7 Å². The van der Waals surface area contributed by atoms with Gasteiger partial charge in [-0.05, 0) is 12.6 Å². The lowest BCUT2D eigenvalue weighted by Crippen LogP contribution is -2.16. The summed E-state index contributed by atoms with van der Waals surface area (Å²) >= 11 is 0. The molecule has 1 heterocycles. The predicted octanol–water partition coefficient (Wildman–Crippen LogP) is -0.0289. The quantitative estimate of drug-likeness (QED) is 0.435. The molecule has 0 aliphatic carbocycles. The molecule has 0 spiro atoms. The Labute approximate surface area is 61.5 Å². The molecule has 10 heavy (non-hydrogen) atoms. The highest BCUT2D eigenvalue weighted by atomic mass is 31.1. The Hall–Kier alpha value is -0.140. The van der Waals surface area contributed by atoms with Gasteiger partial charge in [0.15, 0.2) is 0 Å². The van der Waals surface area contributed by atoms with Crippen molar-refractivity contribution in [2.45, 2.75) is 18.2 Å². The fraction of sp³-hybridized carbons (Fsp3) is 0.833. The zero-order chi connectivity index (χ0) is 7.56. The Morgan fingerprint density at radius 1 is 1.80 bits per heavy atom.